The molecule has 3 aliphatic rings. The molecule has 2 aromatic rings. The minimum atomic E-state index is -0.245. The van der Waals surface area contributed by atoms with Crippen LogP contribution in [0.15, 0.2) is 18.3 Å². The van der Waals surface area contributed by atoms with Gasteiger partial charge in [-0.25, -0.2) is 4.98 Å². The number of aromatic nitrogens is 1. The van der Waals surface area contributed by atoms with E-state index in [0.29, 0.717) is 53.2 Å². The van der Waals surface area contributed by atoms with Crippen LogP contribution in [-0.2, 0) is 16.0 Å². The standard InChI is InChI=1S/C27H34N2O4S/c1-15-14-28-26(34-15)29-24(32)6-4-5-17-12-23(31)27(2)10-9-18-19(25(17)27)8-7-16-11-21(30)22(33-3)13-20(16)18/h11,13-14,17-19,25,30H,4-10,12H2,1-3H3,(H,28,29,32)/t17?,18?,19?,25?,27-/m1/s1. The summed E-state index contributed by atoms with van der Waals surface area (Å²) in [5, 5.41) is 13.8. The van der Waals surface area contributed by atoms with Crippen molar-refractivity contribution < 1.29 is 19.4 Å². The molecule has 6 nitrogen and oxygen atoms in total. The Bertz CT molecular complexity index is 1110. The molecule has 5 rings (SSSR count). The van der Waals surface area contributed by atoms with Crippen LogP contribution in [0.5, 0.6) is 11.5 Å². The van der Waals surface area contributed by atoms with Gasteiger partial charge in [-0.1, -0.05) is 6.92 Å². The summed E-state index contributed by atoms with van der Waals surface area (Å²) in [6, 6.07) is 3.90. The number of methoxy groups -OCH3 is 1. The van der Waals surface area contributed by atoms with Gasteiger partial charge >= 0.3 is 0 Å². The van der Waals surface area contributed by atoms with Gasteiger partial charge in [0, 0.05) is 29.3 Å². The summed E-state index contributed by atoms with van der Waals surface area (Å²) in [7, 11) is 1.59. The third-order valence-electron chi connectivity index (χ3n) is 8.71. The number of Topliss-reactive ketones (excluding diaryl/α,β-unsaturated/α-hetero) is 1. The molecule has 0 radical (unpaired) electrons. The molecule has 4 unspecified atom stereocenters. The highest BCUT2D eigenvalue weighted by Gasteiger charge is 2.58. The molecule has 2 saturated carbocycles. The Hall–Kier alpha value is -2.41. The van der Waals surface area contributed by atoms with Gasteiger partial charge in [0.25, 0.3) is 0 Å². The molecule has 3 aliphatic carbocycles. The number of aromatic hydroxyl groups is 1. The lowest BCUT2D eigenvalue weighted by Gasteiger charge is -2.50. The van der Waals surface area contributed by atoms with E-state index in [4.69, 9.17) is 4.74 Å². The van der Waals surface area contributed by atoms with Gasteiger partial charge in [0.05, 0.1) is 7.11 Å². The van der Waals surface area contributed by atoms with E-state index in [9.17, 15) is 14.7 Å². The first kappa shape index (κ1) is 23.3. The first-order valence-electron chi connectivity index (χ1n) is 12.5. The van der Waals surface area contributed by atoms with Crippen molar-refractivity contribution in [3.63, 3.8) is 0 Å². The summed E-state index contributed by atoms with van der Waals surface area (Å²) in [5.74, 6) is 2.72. The molecule has 2 fully saturated rings. The van der Waals surface area contributed by atoms with E-state index in [0.717, 1.165) is 43.4 Å². The second-order valence-corrected chi connectivity index (χ2v) is 11.9. The predicted molar refractivity (Wildman–Crippen MR) is 132 cm³/mol. The third kappa shape index (κ3) is 4.02. The summed E-state index contributed by atoms with van der Waals surface area (Å²) in [6.07, 6.45) is 8.47. The van der Waals surface area contributed by atoms with Crippen LogP contribution in [0.4, 0.5) is 5.13 Å². The lowest BCUT2D eigenvalue weighted by Crippen LogP contribution is -2.44. The van der Waals surface area contributed by atoms with E-state index in [1.807, 2.05) is 19.1 Å². The monoisotopic (exact) mass is 482 g/mol. The average Bonchev–Trinajstić information content (AvgIpc) is 3.32. The third-order valence-corrected chi connectivity index (χ3v) is 9.54. The fraction of sp³-hybridized carbons (Fsp3) is 0.593. The van der Waals surface area contributed by atoms with Gasteiger partial charge in [0.1, 0.15) is 5.78 Å². The van der Waals surface area contributed by atoms with Crippen molar-refractivity contribution >= 4 is 28.2 Å². The van der Waals surface area contributed by atoms with Crippen molar-refractivity contribution in [2.75, 3.05) is 12.4 Å². The maximum atomic E-state index is 13.2. The zero-order valence-electron chi connectivity index (χ0n) is 20.2. The van der Waals surface area contributed by atoms with Gasteiger partial charge in [0.2, 0.25) is 5.91 Å². The number of nitrogens with one attached hydrogen (secondary N) is 1. The fourth-order valence-corrected chi connectivity index (χ4v) is 7.88. The normalized spacial score (nSPS) is 29.8. The molecule has 7 heteroatoms. The van der Waals surface area contributed by atoms with Crippen LogP contribution in [0.3, 0.4) is 0 Å². The summed E-state index contributed by atoms with van der Waals surface area (Å²) < 4.78 is 5.41. The van der Waals surface area contributed by atoms with Crippen LogP contribution in [0.2, 0.25) is 0 Å². The number of rotatable bonds is 6. The van der Waals surface area contributed by atoms with Crippen molar-refractivity contribution in [1.29, 1.82) is 0 Å². The van der Waals surface area contributed by atoms with Crippen molar-refractivity contribution in [2.45, 2.75) is 71.1 Å². The Labute approximate surface area is 205 Å². The van der Waals surface area contributed by atoms with Gasteiger partial charge in [0.15, 0.2) is 16.6 Å². The smallest absolute Gasteiger partial charge is 0.226 e. The molecule has 1 aromatic carbocycles. The van der Waals surface area contributed by atoms with E-state index in [1.54, 1.807) is 13.3 Å². The van der Waals surface area contributed by atoms with Crippen LogP contribution in [-0.4, -0.2) is 28.9 Å². The lowest BCUT2D eigenvalue weighted by atomic mass is 9.54. The van der Waals surface area contributed by atoms with Crippen molar-refractivity contribution in [1.82, 2.24) is 4.98 Å². The quantitative estimate of drug-likeness (QED) is 0.557. The number of benzene rings is 1. The maximum Gasteiger partial charge on any atom is 0.226 e. The molecule has 0 spiro atoms. The fourth-order valence-electron chi connectivity index (χ4n) is 7.19. The minimum Gasteiger partial charge on any atom is -0.504 e. The summed E-state index contributed by atoms with van der Waals surface area (Å²) in [5.41, 5.74) is 2.27. The predicted octanol–water partition coefficient (Wildman–Crippen LogP) is 5.63. The van der Waals surface area contributed by atoms with Gasteiger partial charge in [-0.05, 0) is 92.4 Å². The highest BCUT2D eigenvalue weighted by molar-refractivity contribution is 7.15. The number of phenols is 1. The van der Waals surface area contributed by atoms with Crippen LogP contribution in [0.25, 0.3) is 0 Å². The number of nitrogens with zero attached hydrogens (tertiary/aromatic N) is 1. The topological polar surface area (TPSA) is 88.5 Å². The van der Waals surface area contributed by atoms with E-state index in [2.05, 4.69) is 17.2 Å². The van der Waals surface area contributed by atoms with Gasteiger partial charge in [-0.15, -0.1) is 11.3 Å². The summed E-state index contributed by atoms with van der Waals surface area (Å²) in [6.45, 7) is 4.17. The Morgan fingerprint density at radius 1 is 1.35 bits per heavy atom. The number of fused-ring (bicyclic) bond motifs is 5. The van der Waals surface area contributed by atoms with Crippen LogP contribution < -0.4 is 10.1 Å². The molecule has 182 valence electrons. The molecular weight excluding hydrogens is 448 g/mol. The molecule has 34 heavy (non-hydrogen) atoms. The first-order valence-corrected chi connectivity index (χ1v) is 13.3. The van der Waals surface area contributed by atoms with Crippen LogP contribution in [0, 0.1) is 30.1 Å². The van der Waals surface area contributed by atoms with Crippen molar-refractivity contribution in [2.24, 2.45) is 23.2 Å². The Kier molecular flexibility index (Phi) is 6.17. The molecular formula is C27H34N2O4S. The number of carbonyl (C=O) groups excluding carboxylic acids is 2. The number of aryl methyl sites for hydroxylation is 2. The largest absolute Gasteiger partial charge is 0.504 e. The number of ether oxygens (including phenoxy) is 1. The highest BCUT2D eigenvalue weighted by Crippen LogP contribution is 2.62. The summed E-state index contributed by atoms with van der Waals surface area (Å²) in [4.78, 5) is 30.9. The number of hydrogen-bond acceptors (Lipinski definition) is 6. The zero-order valence-corrected chi connectivity index (χ0v) is 21.0. The van der Waals surface area contributed by atoms with Gasteiger partial charge < -0.3 is 15.2 Å². The molecule has 1 heterocycles. The number of amides is 1. The number of ketones is 1. The van der Waals surface area contributed by atoms with E-state index in [-0.39, 0.29) is 17.1 Å². The van der Waals surface area contributed by atoms with Crippen molar-refractivity contribution in [3.8, 4) is 11.5 Å². The van der Waals surface area contributed by atoms with Crippen LogP contribution >= 0.6 is 11.3 Å². The number of phenolic OH excluding ortho intramolecular Hbond substituents is 1. The van der Waals surface area contributed by atoms with E-state index < -0.39 is 0 Å². The molecule has 0 bridgehead atoms. The Morgan fingerprint density at radius 2 is 2.18 bits per heavy atom. The Balaban J connectivity index is 1.30. The molecule has 1 aromatic heterocycles. The number of carbonyl (C=O) groups is 2. The van der Waals surface area contributed by atoms with Crippen LogP contribution in [0.1, 0.15) is 73.8 Å². The zero-order chi connectivity index (χ0) is 24.0. The highest BCUT2D eigenvalue weighted by atomic mass is 32.1. The second kappa shape index (κ2) is 8.99. The minimum absolute atomic E-state index is 0.00134. The Morgan fingerprint density at radius 3 is 2.91 bits per heavy atom. The SMILES string of the molecule is COc1cc2c(cc1O)CCC1C2CC[C@]2(C)C(=O)CC(CCCC(=O)Nc3ncc(C)s3)C12. The van der Waals surface area contributed by atoms with Gasteiger partial charge in [-0.3, -0.25) is 9.59 Å². The van der Waals surface area contributed by atoms with E-state index >= 15 is 0 Å². The number of hydrogen-bond donors (Lipinski definition) is 2. The number of thiazole rings is 1. The molecule has 2 N–H and O–H groups in total. The van der Waals surface area contributed by atoms with E-state index in [1.165, 1.54) is 22.5 Å². The molecule has 0 aliphatic heterocycles. The summed E-state index contributed by atoms with van der Waals surface area (Å²) >= 11 is 1.49. The lowest BCUT2D eigenvalue weighted by molar-refractivity contribution is -0.129. The second-order valence-electron chi connectivity index (χ2n) is 10.6. The van der Waals surface area contributed by atoms with Crippen molar-refractivity contribution in [3.05, 3.63) is 34.3 Å². The maximum absolute atomic E-state index is 13.2. The van der Waals surface area contributed by atoms with Gasteiger partial charge in [-0.2, -0.15) is 0 Å². The molecule has 1 amide bonds. The average molecular weight is 483 g/mol. The molecule has 5 atom stereocenters. The molecule has 0 saturated heterocycles. The first-order chi connectivity index (χ1) is 16.3. The number of anilines is 1.